The fourth-order valence-electron chi connectivity index (χ4n) is 1.81. The maximum Gasteiger partial charge on any atom is 0.305 e. The highest BCUT2D eigenvalue weighted by atomic mass is 32.1. The number of aliphatic carboxylic acids is 1. The molecule has 0 aliphatic carbocycles. The summed E-state index contributed by atoms with van der Waals surface area (Å²) in [6.07, 6.45) is -0.315. The van der Waals surface area contributed by atoms with Crippen molar-refractivity contribution in [2.24, 2.45) is 0 Å². The number of thiophene rings is 1. The second kappa shape index (κ2) is 6.45. The van der Waals surface area contributed by atoms with Crippen molar-refractivity contribution in [2.45, 2.75) is 12.5 Å². The van der Waals surface area contributed by atoms with Gasteiger partial charge in [-0.05, 0) is 23.6 Å². The maximum absolute atomic E-state index is 13.1. The van der Waals surface area contributed by atoms with Crippen LogP contribution in [0.5, 0.6) is 0 Å². The van der Waals surface area contributed by atoms with Gasteiger partial charge in [-0.15, -0.1) is 11.3 Å². The number of carboxylic acid groups (broad SMARTS) is 1. The molecule has 0 aliphatic rings. The third kappa shape index (κ3) is 4.09. The van der Waals surface area contributed by atoms with Gasteiger partial charge in [-0.1, -0.05) is 6.07 Å². The highest BCUT2D eigenvalue weighted by Crippen LogP contribution is 2.22. The van der Waals surface area contributed by atoms with Crippen LogP contribution in [0.25, 0.3) is 0 Å². The lowest BCUT2D eigenvalue weighted by molar-refractivity contribution is -0.137. The quantitative estimate of drug-likeness (QED) is 0.892. The van der Waals surface area contributed by atoms with Gasteiger partial charge in [-0.25, -0.2) is 8.78 Å². The van der Waals surface area contributed by atoms with Crippen molar-refractivity contribution in [2.75, 3.05) is 0 Å². The second-order valence-corrected chi connectivity index (χ2v) is 5.28. The predicted molar refractivity (Wildman–Crippen MR) is 73.1 cm³/mol. The Kier molecular flexibility index (Phi) is 4.64. The van der Waals surface area contributed by atoms with Crippen molar-refractivity contribution in [1.29, 1.82) is 0 Å². The Labute approximate surface area is 123 Å². The molecule has 0 unspecified atom stereocenters. The van der Waals surface area contributed by atoms with Gasteiger partial charge in [-0.3, -0.25) is 9.59 Å². The van der Waals surface area contributed by atoms with Gasteiger partial charge in [0.15, 0.2) is 0 Å². The first-order valence-electron chi connectivity index (χ1n) is 5.98. The van der Waals surface area contributed by atoms with E-state index in [1.807, 2.05) is 0 Å². The molecule has 1 aromatic carbocycles. The third-order valence-electron chi connectivity index (χ3n) is 2.70. The summed E-state index contributed by atoms with van der Waals surface area (Å²) in [5.41, 5.74) is -0.195. The lowest BCUT2D eigenvalue weighted by Gasteiger charge is -2.15. The minimum absolute atomic E-state index is 0.195. The van der Waals surface area contributed by atoms with Gasteiger partial charge in [0.1, 0.15) is 11.6 Å². The highest BCUT2D eigenvalue weighted by molar-refractivity contribution is 7.10. The molecule has 2 rings (SSSR count). The monoisotopic (exact) mass is 311 g/mol. The number of carbonyl (C=O) groups is 2. The Bertz CT molecular complexity index is 638. The van der Waals surface area contributed by atoms with Crippen molar-refractivity contribution in [3.05, 3.63) is 57.8 Å². The minimum atomic E-state index is -1.08. The first-order valence-corrected chi connectivity index (χ1v) is 6.86. The van der Waals surface area contributed by atoms with E-state index in [1.165, 1.54) is 11.3 Å². The summed E-state index contributed by atoms with van der Waals surface area (Å²) < 4.78 is 26.2. The molecule has 2 aromatic rings. The average molecular weight is 311 g/mol. The van der Waals surface area contributed by atoms with E-state index in [1.54, 1.807) is 17.5 Å². The summed E-state index contributed by atoms with van der Waals surface area (Å²) >= 11 is 1.29. The molecule has 0 fully saturated rings. The topological polar surface area (TPSA) is 66.4 Å². The number of halogens is 2. The number of amides is 1. The number of benzene rings is 1. The van der Waals surface area contributed by atoms with Gasteiger partial charge in [0.2, 0.25) is 0 Å². The van der Waals surface area contributed by atoms with Gasteiger partial charge < -0.3 is 10.4 Å². The molecule has 2 N–H and O–H groups in total. The van der Waals surface area contributed by atoms with Crippen molar-refractivity contribution in [3.8, 4) is 0 Å². The molecule has 0 saturated heterocycles. The van der Waals surface area contributed by atoms with Gasteiger partial charge in [0.25, 0.3) is 5.91 Å². The zero-order valence-electron chi connectivity index (χ0n) is 10.7. The Morgan fingerprint density at radius 2 is 1.90 bits per heavy atom. The first-order chi connectivity index (χ1) is 9.95. The molecule has 0 spiro atoms. The third-order valence-corrected chi connectivity index (χ3v) is 3.68. The van der Waals surface area contributed by atoms with E-state index in [0.29, 0.717) is 10.9 Å². The molecule has 0 aliphatic heterocycles. The Morgan fingerprint density at radius 1 is 1.24 bits per heavy atom. The lowest BCUT2D eigenvalue weighted by atomic mass is 10.1. The van der Waals surface area contributed by atoms with E-state index in [2.05, 4.69) is 5.32 Å². The highest BCUT2D eigenvalue weighted by Gasteiger charge is 2.20. The summed E-state index contributed by atoms with van der Waals surface area (Å²) in [5, 5.41) is 13.1. The Balaban J connectivity index is 2.19. The summed E-state index contributed by atoms with van der Waals surface area (Å²) in [7, 11) is 0. The largest absolute Gasteiger partial charge is 0.481 e. The normalized spacial score (nSPS) is 11.9. The molecule has 1 aromatic heterocycles. The fraction of sp³-hybridized carbons (Fsp3) is 0.143. The van der Waals surface area contributed by atoms with Crippen LogP contribution >= 0.6 is 11.3 Å². The van der Waals surface area contributed by atoms with E-state index in [0.717, 1.165) is 12.1 Å². The minimum Gasteiger partial charge on any atom is -0.481 e. The fourth-order valence-corrected chi connectivity index (χ4v) is 2.59. The lowest BCUT2D eigenvalue weighted by Crippen LogP contribution is -2.29. The number of hydrogen-bond acceptors (Lipinski definition) is 3. The van der Waals surface area contributed by atoms with Crippen LogP contribution in [0, 0.1) is 11.6 Å². The number of nitrogens with one attached hydrogen (secondary N) is 1. The number of rotatable bonds is 5. The van der Waals surface area contributed by atoms with Crippen molar-refractivity contribution < 1.29 is 23.5 Å². The molecule has 0 bridgehead atoms. The molecular formula is C14H11F2NO3S. The zero-order chi connectivity index (χ0) is 15.4. The van der Waals surface area contributed by atoms with Crippen LogP contribution in [0.1, 0.15) is 27.7 Å². The molecule has 4 nitrogen and oxygen atoms in total. The van der Waals surface area contributed by atoms with Gasteiger partial charge in [-0.2, -0.15) is 0 Å². The van der Waals surface area contributed by atoms with Crippen LogP contribution in [0.4, 0.5) is 8.78 Å². The molecule has 0 saturated carbocycles. The molecule has 1 heterocycles. The molecule has 1 atom stereocenters. The Hall–Kier alpha value is -2.28. The summed E-state index contributed by atoms with van der Waals surface area (Å²) in [5.74, 6) is -3.55. The average Bonchev–Trinajstić information content (AvgIpc) is 2.89. The summed E-state index contributed by atoms with van der Waals surface area (Å²) in [4.78, 5) is 23.5. The van der Waals surface area contributed by atoms with E-state index < -0.39 is 29.6 Å². The van der Waals surface area contributed by atoms with Crippen molar-refractivity contribution >= 4 is 23.2 Å². The van der Waals surface area contributed by atoms with Gasteiger partial charge in [0, 0.05) is 16.5 Å². The van der Waals surface area contributed by atoms with Crippen molar-refractivity contribution in [3.63, 3.8) is 0 Å². The first kappa shape index (κ1) is 15.1. The van der Waals surface area contributed by atoms with Crippen LogP contribution < -0.4 is 5.32 Å². The van der Waals surface area contributed by atoms with Crippen LogP contribution in [0.2, 0.25) is 0 Å². The molecule has 1 amide bonds. The zero-order valence-corrected chi connectivity index (χ0v) is 11.5. The number of carbonyl (C=O) groups excluding carboxylic acids is 1. The smallest absolute Gasteiger partial charge is 0.305 e. The molecule has 110 valence electrons. The van der Waals surface area contributed by atoms with E-state index in [-0.39, 0.29) is 12.0 Å². The second-order valence-electron chi connectivity index (χ2n) is 4.30. The molecular weight excluding hydrogens is 300 g/mol. The molecule has 21 heavy (non-hydrogen) atoms. The maximum atomic E-state index is 13.1. The SMILES string of the molecule is O=C(O)C[C@@H](NC(=O)c1cc(F)cc(F)c1)c1cccs1. The van der Waals surface area contributed by atoms with Crippen LogP contribution in [0.3, 0.4) is 0 Å². The van der Waals surface area contributed by atoms with E-state index >= 15 is 0 Å². The number of carboxylic acids is 1. The molecule has 7 heteroatoms. The van der Waals surface area contributed by atoms with Crippen molar-refractivity contribution in [1.82, 2.24) is 5.32 Å². The molecule has 0 radical (unpaired) electrons. The summed E-state index contributed by atoms with van der Waals surface area (Å²) in [6.45, 7) is 0. The summed E-state index contributed by atoms with van der Waals surface area (Å²) in [6, 6.07) is 5.11. The standard InChI is InChI=1S/C14H11F2NO3S/c15-9-4-8(5-10(16)6-9)14(20)17-11(7-13(18)19)12-2-1-3-21-12/h1-6,11H,7H2,(H,17,20)(H,18,19)/t11-/m1/s1. The van der Waals surface area contributed by atoms with Gasteiger partial charge >= 0.3 is 5.97 Å². The van der Waals surface area contributed by atoms with E-state index in [9.17, 15) is 18.4 Å². The van der Waals surface area contributed by atoms with Crippen LogP contribution in [-0.4, -0.2) is 17.0 Å². The van der Waals surface area contributed by atoms with Crippen LogP contribution in [0.15, 0.2) is 35.7 Å². The van der Waals surface area contributed by atoms with Crippen LogP contribution in [-0.2, 0) is 4.79 Å². The number of hydrogen-bond donors (Lipinski definition) is 2. The predicted octanol–water partition coefficient (Wildman–Crippen LogP) is 2.97. The van der Waals surface area contributed by atoms with E-state index in [4.69, 9.17) is 5.11 Å². The van der Waals surface area contributed by atoms with Gasteiger partial charge in [0.05, 0.1) is 12.5 Å². The Morgan fingerprint density at radius 3 is 2.43 bits per heavy atom.